The third-order valence-electron chi connectivity index (χ3n) is 4.63. The summed E-state index contributed by atoms with van der Waals surface area (Å²) in [7, 11) is -5.85. The summed E-state index contributed by atoms with van der Waals surface area (Å²) in [5, 5.41) is 11.3. The van der Waals surface area contributed by atoms with Crippen LogP contribution in [0.2, 0.25) is 0 Å². The van der Waals surface area contributed by atoms with Crippen molar-refractivity contribution in [2.24, 2.45) is 5.14 Å². The lowest BCUT2D eigenvalue weighted by Gasteiger charge is -2.04. The molecule has 2 aromatic carbocycles. The van der Waals surface area contributed by atoms with E-state index in [2.05, 4.69) is 15.5 Å². The first-order valence-corrected chi connectivity index (χ1v) is 12.9. The Hall–Kier alpha value is -3.29. The molecule has 1 amide bonds. The van der Waals surface area contributed by atoms with Gasteiger partial charge in [0.15, 0.2) is 15.7 Å². The second-order valence-electron chi connectivity index (χ2n) is 6.96. The van der Waals surface area contributed by atoms with Crippen LogP contribution in [0.3, 0.4) is 0 Å². The molecule has 3 N–H and O–H groups in total. The summed E-state index contributed by atoms with van der Waals surface area (Å²) in [5.74, 6) is -0.502. The minimum Gasteiger partial charge on any atom is -0.497 e. The Morgan fingerprint density at radius 2 is 1.64 bits per heavy atom. The molecular formula is C20H22N4O7S2. The van der Waals surface area contributed by atoms with Gasteiger partial charge in [-0.05, 0) is 48.4 Å². The number of aryl methyl sites for hydroxylation is 1. The summed E-state index contributed by atoms with van der Waals surface area (Å²) in [4.78, 5) is 16.3. The van der Waals surface area contributed by atoms with Crippen molar-refractivity contribution in [2.45, 2.75) is 22.6 Å². The summed E-state index contributed by atoms with van der Waals surface area (Å²) in [6.07, 6.45) is 0.402. The molecule has 0 bridgehead atoms. The van der Waals surface area contributed by atoms with E-state index in [1.807, 2.05) is 0 Å². The Morgan fingerprint density at radius 3 is 2.24 bits per heavy atom. The van der Waals surface area contributed by atoms with E-state index in [0.29, 0.717) is 12.2 Å². The minimum atomic E-state index is -3.76. The monoisotopic (exact) mass is 494 g/mol. The van der Waals surface area contributed by atoms with Crippen LogP contribution in [0.1, 0.15) is 22.1 Å². The number of carbonyl (C=O) groups excluding carboxylic acids is 1. The van der Waals surface area contributed by atoms with Gasteiger partial charge in [0.2, 0.25) is 10.0 Å². The highest BCUT2D eigenvalue weighted by Crippen LogP contribution is 2.17. The zero-order valence-corrected chi connectivity index (χ0v) is 19.2. The number of ether oxygens (including phenoxy) is 1. The van der Waals surface area contributed by atoms with Crippen molar-refractivity contribution in [1.29, 1.82) is 0 Å². The fourth-order valence-corrected chi connectivity index (χ4v) is 4.57. The average molecular weight is 495 g/mol. The number of carbonyl (C=O) groups is 1. The largest absolute Gasteiger partial charge is 0.497 e. The fourth-order valence-electron chi connectivity index (χ4n) is 2.82. The molecule has 1 heterocycles. The molecule has 0 spiro atoms. The number of methoxy groups -OCH3 is 1. The van der Waals surface area contributed by atoms with Crippen LogP contribution in [-0.4, -0.2) is 52.3 Å². The standard InChI is InChI=1S/C20H22N4O7S2/c1-30-15-4-8-16(9-5-15)32(26,27)13-11-18-23-20(31-24-18)19(25)22-12-10-14-2-6-17(7-3-14)33(21,28)29/h2-9H,10-13H2,1H3,(H,22,25)(H2,21,28,29). The number of amides is 1. The van der Waals surface area contributed by atoms with Crippen molar-refractivity contribution in [3.05, 3.63) is 65.8 Å². The number of aromatic nitrogens is 2. The van der Waals surface area contributed by atoms with E-state index in [0.717, 1.165) is 5.56 Å². The Labute approximate surface area is 190 Å². The first-order valence-electron chi connectivity index (χ1n) is 9.68. The van der Waals surface area contributed by atoms with E-state index in [1.54, 1.807) is 24.3 Å². The van der Waals surface area contributed by atoms with Gasteiger partial charge in [0.25, 0.3) is 0 Å². The van der Waals surface area contributed by atoms with Crippen molar-refractivity contribution in [1.82, 2.24) is 15.5 Å². The Bertz CT molecular complexity index is 1320. The molecule has 11 nitrogen and oxygen atoms in total. The molecule has 0 radical (unpaired) electrons. The van der Waals surface area contributed by atoms with E-state index < -0.39 is 25.8 Å². The fraction of sp³-hybridized carbons (Fsp3) is 0.250. The second kappa shape index (κ2) is 10.1. The maximum Gasteiger partial charge on any atom is 0.315 e. The number of primary sulfonamides is 1. The first-order chi connectivity index (χ1) is 15.6. The normalized spacial score (nSPS) is 11.8. The zero-order chi connectivity index (χ0) is 24.1. The molecular weight excluding hydrogens is 472 g/mol. The van der Waals surface area contributed by atoms with E-state index in [9.17, 15) is 21.6 Å². The summed E-state index contributed by atoms with van der Waals surface area (Å²) >= 11 is 0. The van der Waals surface area contributed by atoms with Crippen LogP contribution >= 0.6 is 0 Å². The topological polar surface area (TPSA) is 172 Å². The Balaban J connectivity index is 1.50. The highest BCUT2D eigenvalue weighted by atomic mass is 32.2. The van der Waals surface area contributed by atoms with Crippen LogP contribution in [0, 0.1) is 0 Å². The first kappa shape index (κ1) is 24.4. The van der Waals surface area contributed by atoms with Gasteiger partial charge in [-0.15, -0.1) is 0 Å². The maximum absolute atomic E-state index is 12.5. The van der Waals surface area contributed by atoms with Gasteiger partial charge in [0.1, 0.15) is 5.75 Å². The SMILES string of the molecule is COc1ccc(S(=O)(=O)CCc2noc(C(=O)NCCc3ccc(S(N)(=O)=O)cc3)n2)cc1. The molecule has 33 heavy (non-hydrogen) atoms. The van der Waals surface area contributed by atoms with Crippen molar-refractivity contribution in [3.63, 3.8) is 0 Å². The number of benzene rings is 2. The van der Waals surface area contributed by atoms with Gasteiger partial charge in [0.05, 0.1) is 22.7 Å². The van der Waals surface area contributed by atoms with Gasteiger partial charge >= 0.3 is 11.8 Å². The number of sulfone groups is 1. The minimum absolute atomic E-state index is 0.00248. The van der Waals surface area contributed by atoms with Gasteiger partial charge in [-0.25, -0.2) is 22.0 Å². The third kappa shape index (κ3) is 6.60. The van der Waals surface area contributed by atoms with Gasteiger partial charge in [-0.2, -0.15) is 4.98 Å². The molecule has 0 aliphatic rings. The average Bonchev–Trinajstić information content (AvgIpc) is 3.27. The number of sulfonamides is 1. The highest BCUT2D eigenvalue weighted by Gasteiger charge is 2.19. The number of nitrogens with one attached hydrogen (secondary N) is 1. The van der Waals surface area contributed by atoms with Crippen LogP contribution in [0.5, 0.6) is 5.75 Å². The predicted octanol–water partition coefficient (Wildman–Crippen LogP) is 0.715. The lowest BCUT2D eigenvalue weighted by Crippen LogP contribution is -2.26. The van der Waals surface area contributed by atoms with Crippen molar-refractivity contribution in [2.75, 3.05) is 19.4 Å². The number of nitrogens with zero attached hydrogens (tertiary/aromatic N) is 2. The quantitative estimate of drug-likeness (QED) is 0.412. The molecule has 3 rings (SSSR count). The van der Waals surface area contributed by atoms with Crippen LogP contribution in [0.15, 0.2) is 62.8 Å². The summed E-state index contributed by atoms with van der Waals surface area (Å²) in [6, 6.07) is 12.0. The smallest absolute Gasteiger partial charge is 0.315 e. The summed E-state index contributed by atoms with van der Waals surface area (Å²) in [5.41, 5.74) is 0.789. The van der Waals surface area contributed by atoms with Crippen molar-refractivity contribution < 1.29 is 30.9 Å². The molecule has 0 unspecified atom stereocenters. The summed E-state index contributed by atoms with van der Waals surface area (Å²) in [6.45, 7) is 0.233. The predicted molar refractivity (Wildman–Crippen MR) is 117 cm³/mol. The number of hydrogen-bond acceptors (Lipinski definition) is 9. The van der Waals surface area contributed by atoms with Crippen LogP contribution in [0.25, 0.3) is 0 Å². The van der Waals surface area contributed by atoms with Crippen LogP contribution in [0.4, 0.5) is 0 Å². The molecule has 0 atom stereocenters. The van der Waals surface area contributed by atoms with E-state index in [-0.39, 0.29) is 40.2 Å². The van der Waals surface area contributed by atoms with E-state index in [1.165, 1.54) is 31.4 Å². The van der Waals surface area contributed by atoms with Gasteiger partial charge < -0.3 is 14.6 Å². The van der Waals surface area contributed by atoms with E-state index >= 15 is 0 Å². The lowest BCUT2D eigenvalue weighted by molar-refractivity contribution is 0.0910. The maximum atomic E-state index is 12.5. The molecule has 0 fully saturated rings. The third-order valence-corrected chi connectivity index (χ3v) is 7.29. The Morgan fingerprint density at radius 1 is 1.00 bits per heavy atom. The number of nitrogens with two attached hydrogens (primary N) is 1. The number of hydrogen-bond donors (Lipinski definition) is 2. The molecule has 13 heteroatoms. The molecule has 0 aliphatic heterocycles. The second-order valence-corrected chi connectivity index (χ2v) is 10.6. The molecule has 0 saturated carbocycles. The molecule has 176 valence electrons. The highest BCUT2D eigenvalue weighted by molar-refractivity contribution is 7.91. The molecule has 1 aromatic heterocycles. The van der Waals surface area contributed by atoms with Gasteiger partial charge in [0, 0.05) is 13.0 Å². The molecule has 0 saturated heterocycles. The van der Waals surface area contributed by atoms with Gasteiger partial charge in [-0.3, -0.25) is 4.79 Å². The summed E-state index contributed by atoms with van der Waals surface area (Å²) < 4.78 is 57.4. The van der Waals surface area contributed by atoms with Crippen molar-refractivity contribution in [3.8, 4) is 5.75 Å². The van der Waals surface area contributed by atoms with Crippen LogP contribution in [-0.2, 0) is 32.7 Å². The Kier molecular flexibility index (Phi) is 7.46. The lowest BCUT2D eigenvalue weighted by atomic mass is 10.1. The number of rotatable bonds is 10. The molecule has 0 aliphatic carbocycles. The zero-order valence-electron chi connectivity index (χ0n) is 17.6. The van der Waals surface area contributed by atoms with Crippen molar-refractivity contribution >= 4 is 25.8 Å². The molecule has 3 aromatic rings. The van der Waals surface area contributed by atoms with E-state index in [4.69, 9.17) is 14.4 Å². The van der Waals surface area contributed by atoms with Crippen LogP contribution < -0.4 is 15.2 Å². The van der Waals surface area contributed by atoms with Gasteiger partial charge in [-0.1, -0.05) is 17.3 Å².